The van der Waals surface area contributed by atoms with E-state index in [1.165, 1.54) is 16.8 Å². The van der Waals surface area contributed by atoms with E-state index in [1.807, 2.05) is 6.92 Å². The molecule has 3 nitrogen and oxygen atoms in total. The molecule has 0 aliphatic carbocycles. The van der Waals surface area contributed by atoms with Crippen molar-refractivity contribution in [2.24, 2.45) is 0 Å². The van der Waals surface area contributed by atoms with Crippen LogP contribution in [-0.2, 0) is 32.7 Å². The van der Waals surface area contributed by atoms with Crippen LogP contribution in [0.3, 0.4) is 0 Å². The topological polar surface area (TPSA) is 30.2 Å². The van der Waals surface area contributed by atoms with Gasteiger partial charge in [-0.2, -0.15) is 16.2 Å². The average molecular weight is 251 g/mol. The van der Waals surface area contributed by atoms with Crippen molar-refractivity contribution >= 4 is 5.65 Å². The number of aromatic nitrogens is 3. The third kappa shape index (κ3) is 1.38. The molecule has 0 spiro atoms. The van der Waals surface area contributed by atoms with Gasteiger partial charge >= 0.3 is 32.7 Å². The maximum Gasteiger partial charge on any atom is 3.00 e. The van der Waals surface area contributed by atoms with E-state index in [9.17, 15) is 0 Å². The maximum absolute atomic E-state index is 4.11. The Morgan fingerprint density at radius 2 is 1.77 bits per heavy atom. The van der Waals surface area contributed by atoms with Gasteiger partial charge in [0.25, 0.3) is 0 Å². The molecule has 2 rings (SSSR count). The maximum atomic E-state index is 4.11. The normalized spacial score (nSPS) is 10.5. The summed E-state index contributed by atoms with van der Waals surface area (Å²) in [7, 11) is 0. The number of aryl methyl sites for hydroxylation is 3. The van der Waals surface area contributed by atoms with Crippen LogP contribution < -0.4 is 0 Å². The molecule has 0 radical (unpaired) electrons. The molecule has 0 aliphatic heterocycles. The Balaban J connectivity index is 0.000000845. The fourth-order valence-corrected chi connectivity index (χ4v) is 1.61. The molecule has 4 heteroatoms. The summed E-state index contributed by atoms with van der Waals surface area (Å²) in [5.41, 5.74) is 4.82. The van der Waals surface area contributed by atoms with E-state index in [4.69, 9.17) is 0 Å². The van der Waals surface area contributed by atoms with Crippen molar-refractivity contribution in [3.63, 3.8) is 0 Å². The fraction of sp³-hybridized carbons (Fsp3) is 0.444. The fourth-order valence-electron chi connectivity index (χ4n) is 1.61. The summed E-state index contributed by atoms with van der Waals surface area (Å²) in [4.78, 5) is 0. The molecule has 0 unspecified atom stereocenters. The van der Waals surface area contributed by atoms with Crippen molar-refractivity contribution in [1.82, 2.24) is 14.6 Å². The second kappa shape index (κ2) is 3.54. The predicted molar refractivity (Wildman–Crippen MR) is 47.5 cm³/mol. The van der Waals surface area contributed by atoms with E-state index >= 15 is 0 Å². The Morgan fingerprint density at radius 3 is 2.31 bits per heavy atom. The standard InChI is InChI=1S/C9H12N3.Y/c1-5-6(2)9-11-10-8(4)12(9)7(5)3;/h1-4H3;/q-1;+3. The number of hydrogen-bond donors (Lipinski definition) is 0. The summed E-state index contributed by atoms with van der Waals surface area (Å²) in [5, 5.41) is 8.14. The second-order valence-electron chi connectivity index (χ2n) is 3.24. The van der Waals surface area contributed by atoms with Gasteiger partial charge in [-0.1, -0.05) is 13.8 Å². The van der Waals surface area contributed by atoms with Crippen LogP contribution in [-0.4, -0.2) is 14.6 Å². The molecule has 2 aromatic heterocycles. The largest absolute Gasteiger partial charge is 3.00 e. The van der Waals surface area contributed by atoms with E-state index in [-0.39, 0.29) is 32.7 Å². The molecule has 0 saturated carbocycles. The third-order valence-electron chi connectivity index (χ3n) is 2.60. The third-order valence-corrected chi connectivity index (χ3v) is 2.60. The quantitative estimate of drug-likeness (QED) is 0.667. The van der Waals surface area contributed by atoms with E-state index in [0.717, 1.165) is 11.5 Å². The summed E-state index contributed by atoms with van der Waals surface area (Å²) in [6.45, 7) is 8.29. The number of fused-ring (bicyclic) bond motifs is 1. The zero-order chi connectivity index (χ0) is 8.88. The van der Waals surface area contributed by atoms with Crippen molar-refractivity contribution < 1.29 is 32.7 Å². The number of hydrogen-bond acceptors (Lipinski definition) is 2. The summed E-state index contributed by atoms with van der Waals surface area (Å²) in [6.07, 6.45) is 0. The molecule has 0 aromatic carbocycles. The number of rotatable bonds is 0. The van der Waals surface area contributed by atoms with Gasteiger partial charge in [0.2, 0.25) is 0 Å². The number of nitrogens with zero attached hydrogens (tertiary/aromatic N) is 3. The van der Waals surface area contributed by atoms with Crippen LogP contribution in [0.25, 0.3) is 5.65 Å². The minimum atomic E-state index is 0. The van der Waals surface area contributed by atoms with Crippen LogP contribution in [0.15, 0.2) is 0 Å². The molecular formula is C9H12N3Y+2. The first-order chi connectivity index (χ1) is 5.63. The average Bonchev–Trinajstić information content (AvgIpc) is 2.51. The van der Waals surface area contributed by atoms with Gasteiger partial charge in [0.1, 0.15) is 5.82 Å². The van der Waals surface area contributed by atoms with Crippen molar-refractivity contribution in [1.29, 1.82) is 0 Å². The van der Waals surface area contributed by atoms with Gasteiger partial charge in [0.15, 0.2) is 0 Å². The van der Waals surface area contributed by atoms with Crippen molar-refractivity contribution in [3.05, 3.63) is 22.6 Å². The summed E-state index contributed by atoms with van der Waals surface area (Å²) in [6, 6.07) is 0. The molecule has 0 fully saturated rings. The smallest absolute Gasteiger partial charge is 0.380 e. The van der Waals surface area contributed by atoms with E-state index < -0.39 is 0 Å². The Morgan fingerprint density at radius 1 is 1.15 bits per heavy atom. The SMILES string of the molecule is Cc1c(C)n2c(C)nnc2[c-]1C.[Y+3]. The first-order valence-electron chi connectivity index (χ1n) is 4.07. The van der Waals surface area contributed by atoms with Crippen LogP contribution in [0.5, 0.6) is 0 Å². The molecule has 0 N–H and O–H groups in total. The molecule has 13 heavy (non-hydrogen) atoms. The van der Waals surface area contributed by atoms with Crippen molar-refractivity contribution in [2.75, 3.05) is 0 Å². The second-order valence-corrected chi connectivity index (χ2v) is 3.24. The Hall–Kier alpha value is -0.146. The molecule has 2 heterocycles. The van der Waals surface area contributed by atoms with Gasteiger partial charge in [0.05, 0.1) is 5.65 Å². The van der Waals surface area contributed by atoms with Gasteiger partial charge in [-0.3, -0.25) is 0 Å². The Kier molecular flexibility index (Phi) is 2.98. The molecule has 0 saturated heterocycles. The predicted octanol–water partition coefficient (Wildman–Crippen LogP) is 1.68. The summed E-state index contributed by atoms with van der Waals surface area (Å²) < 4.78 is 2.10. The molecular weight excluding hydrogens is 239 g/mol. The molecule has 2 aromatic rings. The minimum Gasteiger partial charge on any atom is -0.380 e. The van der Waals surface area contributed by atoms with E-state index in [0.29, 0.717) is 0 Å². The van der Waals surface area contributed by atoms with Gasteiger partial charge < -0.3 is 4.40 Å². The van der Waals surface area contributed by atoms with Crippen LogP contribution in [0.4, 0.5) is 0 Å². The summed E-state index contributed by atoms with van der Waals surface area (Å²) in [5.74, 6) is 0.971. The molecule has 0 atom stereocenters. The molecule has 0 amide bonds. The van der Waals surface area contributed by atoms with Gasteiger partial charge in [-0.25, -0.2) is 0 Å². The van der Waals surface area contributed by atoms with Crippen molar-refractivity contribution in [2.45, 2.75) is 27.7 Å². The zero-order valence-electron chi connectivity index (χ0n) is 8.42. The minimum absolute atomic E-state index is 0. The van der Waals surface area contributed by atoms with E-state index in [2.05, 4.69) is 35.4 Å². The van der Waals surface area contributed by atoms with E-state index in [1.54, 1.807) is 0 Å². The van der Waals surface area contributed by atoms with Crippen LogP contribution in [0, 0.1) is 27.7 Å². The van der Waals surface area contributed by atoms with Gasteiger partial charge in [-0.15, -0.1) is 17.7 Å². The first-order valence-corrected chi connectivity index (χ1v) is 4.07. The zero-order valence-corrected chi connectivity index (χ0v) is 11.3. The molecule has 0 bridgehead atoms. The monoisotopic (exact) mass is 251 g/mol. The summed E-state index contributed by atoms with van der Waals surface area (Å²) >= 11 is 0. The molecule has 0 aliphatic rings. The first kappa shape index (κ1) is 10.9. The van der Waals surface area contributed by atoms with Crippen LogP contribution in [0.2, 0.25) is 0 Å². The van der Waals surface area contributed by atoms with Gasteiger partial charge in [-0.05, 0) is 6.92 Å². The van der Waals surface area contributed by atoms with Gasteiger partial charge in [0, 0.05) is 0 Å². The Bertz CT molecular complexity index is 439. The van der Waals surface area contributed by atoms with Crippen molar-refractivity contribution in [3.8, 4) is 0 Å². The van der Waals surface area contributed by atoms with Crippen LogP contribution in [0.1, 0.15) is 22.6 Å². The Labute approximate surface area is 103 Å². The molecule has 64 valence electrons. The van der Waals surface area contributed by atoms with Crippen LogP contribution >= 0.6 is 0 Å².